The maximum atomic E-state index is 8.66. The first-order chi connectivity index (χ1) is 7.77. The predicted octanol–water partition coefficient (Wildman–Crippen LogP) is 3.02. The van der Waals surface area contributed by atoms with Crippen LogP contribution in [0.4, 0.5) is 0 Å². The topological polar surface area (TPSA) is 42.2 Å². The molecule has 0 aromatic heterocycles. The lowest BCUT2D eigenvalue weighted by Crippen LogP contribution is -2.07. The molecule has 3 nitrogen and oxygen atoms in total. The molecule has 1 aromatic carbocycles. The Labute approximate surface area is 101 Å². The second-order valence-corrected chi connectivity index (χ2v) is 3.63. The number of hydrogen-bond donors (Lipinski definition) is 0. The Morgan fingerprint density at radius 1 is 1.31 bits per heavy atom. The van der Waals surface area contributed by atoms with Crippen molar-refractivity contribution in [2.24, 2.45) is 0 Å². The molecule has 0 amide bonds. The Bertz CT molecular complexity index is 374. The van der Waals surface area contributed by atoms with Crippen molar-refractivity contribution >= 4 is 11.6 Å². The van der Waals surface area contributed by atoms with E-state index < -0.39 is 0 Å². The van der Waals surface area contributed by atoms with Crippen LogP contribution in [0.3, 0.4) is 0 Å². The Balaban J connectivity index is 2.40. The minimum Gasteiger partial charge on any atom is -0.490 e. The molecule has 0 saturated carbocycles. The molecule has 0 aliphatic heterocycles. The number of halogens is 1. The van der Waals surface area contributed by atoms with Crippen LogP contribution in [0.25, 0.3) is 0 Å². The van der Waals surface area contributed by atoms with Gasteiger partial charge in [0.15, 0.2) is 0 Å². The Morgan fingerprint density at radius 2 is 2.12 bits per heavy atom. The zero-order valence-corrected chi connectivity index (χ0v) is 9.96. The van der Waals surface area contributed by atoms with Crippen LogP contribution in [0.5, 0.6) is 5.75 Å². The van der Waals surface area contributed by atoms with E-state index in [1.807, 2.05) is 6.07 Å². The number of ether oxygens (including phenoxy) is 2. The van der Waals surface area contributed by atoms with Gasteiger partial charge in [-0.3, -0.25) is 0 Å². The molecule has 0 fully saturated rings. The maximum Gasteiger partial charge on any atom is 0.138 e. The van der Waals surface area contributed by atoms with E-state index in [4.69, 9.17) is 26.3 Å². The van der Waals surface area contributed by atoms with Crippen LogP contribution < -0.4 is 4.74 Å². The molecule has 4 heteroatoms. The van der Waals surface area contributed by atoms with Crippen molar-refractivity contribution in [3.05, 3.63) is 28.8 Å². The highest BCUT2D eigenvalue weighted by Gasteiger charge is 2.02. The number of nitriles is 1. The van der Waals surface area contributed by atoms with Crippen LogP contribution in [0, 0.1) is 11.3 Å². The average Bonchev–Trinajstić information content (AvgIpc) is 2.30. The molecule has 86 valence electrons. The molecule has 0 N–H and O–H groups in total. The highest BCUT2D eigenvalue weighted by Crippen LogP contribution is 2.24. The van der Waals surface area contributed by atoms with E-state index in [-0.39, 0.29) is 0 Å². The van der Waals surface area contributed by atoms with Crippen molar-refractivity contribution in [2.75, 3.05) is 19.8 Å². The minimum atomic E-state index is 0.453. The first-order valence-electron chi connectivity index (χ1n) is 5.18. The van der Waals surface area contributed by atoms with E-state index in [1.165, 1.54) is 0 Å². The van der Waals surface area contributed by atoms with E-state index in [2.05, 4.69) is 6.92 Å². The highest BCUT2D eigenvalue weighted by atomic mass is 35.5. The predicted molar refractivity (Wildman–Crippen MR) is 62.8 cm³/mol. The molecule has 0 aliphatic rings. The highest BCUT2D eigenvalue weighted by molar-refractivity contribution is 6.32. The zero-order valence-electron chi connectivity index (χ0n) is 9.20. The molecule has 1 aromatic rings. The fourth-order valence-corrected chi connectivity index (χ4v) is 1.38. The smallest absolute Gasteiger partial charge is 0.138 e. The van der Waals surface area contributed by atoms with Gasteiger partial charge in [0.25, 0.3) is 0 Å². The van der Waals surface area contributed by atoms with Gasteiger partial charge in [-0.25, -0.2) is 0 Å². The molecule has 0 bridgehead atoms. The summed E-state index contributed by atoms with van der Waals surface area (Å²) in [4.78, 5) is 0. The lowest BCUT2D eigenvalue weighted by atomic mass is 10.2. The van der Waals surface area contributed by atoms with Crippen LogP contribution in [-0.2, 0) is 4.74 Å². The van der Waals surface area contributed by atoms with Gasteiger partial charge in [-0.05, 0) is 24.6 Å². The normalized spacial score (nSPS) is 9.81. The van der Waals surface area contributed by atoms with E-state index in [0.29, 0.717) is 29.5 Å². The largest absolute Gasteiger partial charge is 0.490 e. The van der Waals surface area contributed by atoms with Crippen molar-refractivity contribution in [3.63, 3.8) is 0 Å². The minimum absolute atomic E-state index is 0.453. The van der Waals surface area contributed by atoms with E-state index in [0.717, 1.165) is 13.0 Å². The molecule has 0 aliphatic carbocycles. The van der Waals surface area contributed by atoms with Crippen molar-refractivity contribution in [2.45, 2.75) is 13.3 Å². The van der Waals surface area contributed by atoms with Crippen molar-refractivity contribution in [3.8, 4) is 11.8 Å². The molecule has 0 saturated heterocycles. The Morgan fingerprint density at radius 3 is 2.75 bits per heavy atom. The number of hydrogen-bond acceptors (Lipinski definition) is 3. The summed E-state index contributed by atoms with van der Waals surface area (Å²) < 4.78 is 10.7. The third-order valence-electron chi connectivity index (χ3n) is 1.89. The van der Waals surface area contributed by atoms with Crippen molar-refractivity contribution < 1.29 is 9.47 Å². The molecular formula is C12H14ClNO2. The lowest BCUT2D eigenvalue weighted by Gasteiger charge is -2.08. The molecule has 1 rings (SSSR count). The standard InChI is InChI=1S/C12H14ClNO2/c1-2-5-15-6-7-16-12-4-3-10(9-14)8-11(12)13/h3-4,8H,2,5-7H2,1H3. The van der Waals surface area contributed by atoms with E-state index in [9.17, 15) is 0 Å². The zero-order chi connectivity index (χ0) is 11.8. The Hall–Kier alpha value is -1.24. The third-order valence-corrected chi connectivity index (χ3v) is 2.19. The van der Waals surface area contributed by atoms with Gasteiger partial charge in [-0.1, -0.05) is 18.5 Å². The summed E-state index contributed by atoms with van der Waals surface area (Å²) in [5.41, 5.74) is 0.527. The van der Waals surface area contributed by atoms with Crippen LogP contribution in [-0.4, -0.2) is 19.8 Å². The number of nitrogens with zero attached hydrogens (tertiary/aromatic N) is 1. The molecule has 0 unspecified atom stereocenters. The molecule has 0 radical (unpaired) electrons. The second kappa shape index (κ2) is 7.10. The maximum absolute atomic E-state index is 8.66. The van der Waals surface area contributed by atoms with Gasteiger partial charge in [0.1, 0.15) is 12.4 Å². The summed E-state index contributed by atoms with van der Waals surface area (Å²) in [5, 5.41) is 9.11. The quantitative estimate of drug-likeness (QED) is 0.717. The van der Waals surface area contributed by atoms with Gasteiger partial charge in [0, 0.05) is 6.61 Å². The third kappa shape index (κ3) is 4.09. The van der Waals surface area contributed by atoms with Gasteiger partial charge < -0.3 is 9.47 Å². The second-order valence-electron chi connectivity index (χ2n) is 3.22. The van der Waals surface area contributed by atoms with Crippen molar-refractivity contribution in [1.29, 1.82) is 5.26 Å². The molecular weight excluding hydrogens is 226 g/mol. The first-order valence-corrected chi connectivity index (χ1v) is 5.56. The molecule has 16 heavy (non-hydrogen) atoms. The van der Waals surface area contributed by atoms with Crippen LogP contribution in [0.1, 0.15) is 18.9 Å². The van der Waals surface area contributed by atoms with Crippen LogP contribution in [0.2, 0.25) is 5.02 Å². The van der Waals surface area contributed by atoms with E-state index >= 15 is 0 Å². The summed E-state index contributed by atoms with van der Waals surface area (Å²) >= 11 is 5.93. The SMILES string of the molecule is CCCOCCOc1ccc(C#N)cc1Cl. The Kier molecular flexibility index (Phi) is 5.69. The van der Waals surface area contributed by atoms with Gasteiger partial charge in [0.05, 0.1) is 23.3 Å². The first kappa shape index (κ1) is 12.8. The molecule has 0 spiro atoms. The lowest BCUT2D eigenvalue weighted by molar-refractivity contribution is 0.101. The monoisotopic (exact) mass is 239 g/mol. The summed E-state index contributed by atoms with van der Waals surface area (Å²) in [6.07, 6.45) is 0.998. The van der Waals surface area contributed by atoms with Gasteiger partial charge in [-0.2, -0.15) is 5.26 Å². The van der Waals surface area contributed by atoms with Gasteiger partial charge in [0.2, 0.25) is 0 Å². The molecule has 0 heterocycles. The summed E-state index contributed by atoms with van der Waals surface area (Å²) in [5.74, 6) is 0.584. The number of rotatable bonds is 6. The van der Waals surface area contributed by atoms with E-state index in [1.54, 1.807) is 18.2 Å². The van der Waals surface area contributed by atoms with Crippen LogP contribution in [0.15, 0.2) is 18.2 Å². The fraction of sp³-hybridized carbons (Fsp3) is 0.417. The molecule has 0 atom stereocenters. The van der Waals surface area contributed by atoms with Gasteiger partial charge in [-0.15, -0.1) is 0 Å². The average molecular weight is 240 g/mol. The summed E-state index contributed by atoms with van der Waals surface area (Å²) in [6.45, 7) is 3.80. The summed E-state index contributed by atoms with van der Waals surface area (Å²) in [7, 11) is 0. The number of benzene rings is 1. The fourth-order valence-electron chi connectivity index (χ4n) is 1.14. The van der Waals surface area contributed by atoms with Crippen molar-refractivity contribution in [1.82, 2.24) is 0 Å². The summed E-state index contributed by atoms with van der Waals surface area (Å²) in [6, 6.07) is 6.97. The van der Waals surface area contributed by atoms with Gasteiger partial charge >= 0.3 is 0 Å². The van der Waals surface area contributed by atoms with Crippen LogP contribution >= 0.6 is 11.6 Å².